The first-order valence-electron chi connectivity index (χ1n) is 18.6. The lowest BCUT2D eigenvalue weighted by atomic mass is 9.86. The van der Waals surface area contributed by atoms with Crippen LogP contribution in [0.25, 0.3) is 0 Å². The summed E-state index contributed by atoms with van der Waals surface area (Å²) in [6.45, 7) is 6.22. The highest BCUT2D eigenvalue weighted by Crippen LogP contribution is 2.42. The van der Waals surface area contributed by atoms with E-state index in [-0.39, 0.29) is 18.6 Å². The predicted molar refractivity (Wildman–Crippen MR) is 199 cm³/mol. The minimum Gasteiger partial charge on any atom is -0.497 e. The van der Waals surface area contributed by atoms with E-state index in [4.69, 9.17) is 33.2 Å². The highest BCUT2D eigenvalue weighted by molar-refractivity contribution is 5.91. The monoisotopic (exact) mass is 730 g/mol. The van der Waals surface area contributed by atoms with Crippen molar-refractivity contribution in [2.24, 2.45) is 5.92 Å². The Bertz CT molecular complexity index is 1780. The molecule has 4 unspecified atom stereocenters. The number of fused-ring (bicyclic) bond motifs is 2. The lowest BCUT2D eigenvalue weighted by Gasteiger charge is -2.46. The first kappa shape index (κ1) is 38.0. The van der Waals surface area contributed by atoms with Crippen molar-refractivity contribution in [1.29, 1.82) is 0 Å². The number of hydrogen-bond donors (Lipinski definition) is 0. The van der Waals surface area contributed by atoms with Gasteiger partial charge in [0.2, 0.25) is 0 Å². The molecular formula is C42H54N2O9+2. The molecule has 6 rings (SSSR count). The molecule has 1 saturated heterocycles. The summed E-state index contributed by atoms with van der Waals surface area (Å²) in [6.07, 6.45) is 5.70. The molecule has 3 aliphatic heterocycles. The molecule has 3 aromatic carbocycles. The van der Waals surface area contributed by atoms with E-state index in [1.54, 1.807) is 21.3 Å². The van der Waals surface area contributed by atoms with Gasteiger partial charge in [-0.25, -0.2) is 9.59 Å². The van der Waals surface area contributed by atoms with E-state index in [0.29, 0.717) is 32.0 Å². The molecule has 1 fully saturated rings. The molecule has 0 spiro atoms. The Labute approximate surface area is 313 Å². The summed E-state index contributed by atoms with van der Waals surface area (Å²) in [5.74, 6) is 3.04. The van der Waals surface area contributed by atoms with Gasteiger partial charge >= 0.3 is 11.9 Å². The largest absolute Gasteiger partial charge is 0.497 e. The minimum atomic E-state index is -0.551. The molecule has 0 aromatic heterocycles. The van der Waals surface area contributed by atoms with Crippen LogP contribution in [0.2, 0.25) is 0 Å². The van der Waals surface area contributed by atoms with Crippen LogP contribution in [0, 0.1) is 5.92 Å². The van der Waals surface area contributed by atoms with Crippen molar-refractivity contribution in [1.82, 2.24) is 0 Å². The molecule has 284 valence electrons. The van der Waals surface area contributed by atoms with Crippen molar-refractivity contribution in [2.45, 2.75) is 38.3 Å². The molecule has 3 heterocycles. The molecule has 4 atom stereocenters. The fourth-order valence-corrected chi connectivity index (χ4v) is 8.15. The third-order valence-corrected chi connectivity index (χ3v) is 11.1. The van der Waals surface area contributed by atoms with Gasteiger partial charge in [-0.2, -0.15) is 0 Å². The van der Waals surface area contributed by atoms with Crippen LogP contribution < -0.4 is 23.7 Å². The second-order valence-corrected chi connectivity index (χ2v) is 15.0. The number of methoxy groups -OCH3 is 3. The fourth-order valence-electron chi connectivity index (χ4n) is 8.15. The number of hydrogen-bond acceptors (Lipinski definition) is 9. The zero-order valence-corrected chi connectivity index (χ0v) is 31.8. The van der Waals surface area contributed by atoms with E-state index in [1.165, 1.54) is 34.4 Å². The maximum absolute atomic E-state index is 12.6. The van der Waals surface area contributed by atoms with Crippen molar-refractivity contribution in [3.05, 3.63) is 89.0 Å². The fraction of sp³-hybridized carbons (Fsp3) is 0.476. The maximum atomic E-state index is 12.6. The van der Waals surface area contributed by atoms with E-state index < -0.39 is 11.9 Å². The average Bonchev–Trinajstić information content (AvgIpc) is 3.55. The number of benzene rings is 3. The van der Waals surface area contributed by atoms with Crippen LogP contribution in [0.5, 0.6) is 28.7 Å². The van der Waals surface area contributed by atoms with Gasteiger partial charge in [0, 0.05) is 54.9 Å². The third-order valence-electron chi connectivity index (χ3n) is 11.1. The van der Waals surface area contributed by atoms with Crippen molar-refractivity contribution < 1.29 is 51.7 Å². The van der Waals surface area contributed by atoms with E-state index in [9.17, 15) is 9.59 Å². The molecule has 0 aliphatic carbocycles. The molecule has 0 radical (unpaired) electrons. The highest BCUT2D eigenvalue weighted by atomic mass is 16.6. The van der Waals surface area contributed by atoms with Gasteiger partial charge in [-0.3, -0.25) is 0 Å². The molecule has 3 aliphatic rings. The first-order chi connectivity index (χ1) is 25.6. The summed E-state index contributed by atoms with van der Waals surface area (Å²) >= 11 is 0. The summed E-state index contributed by atoms with van der Waals surface area (Å²) in [7, 11) is 9.51. The normalized spacial score (nSPS) is 23.3. The Morgan fingerprint density at radius 2 is 1.51 bits per heavy atom. The van der Waals surface area contributed by atoms with Crippen molar-refractivity contribution >= 4 is 11.9 Å². The predicted octanol–water partition coefficient (Wildman–Crippen LogP) is 5.47. The smallest absolute Gasteiger partial charge is 0.331 e. The second-order valence-electron chi connectivity index (χ2n) is 15.0. The molecule has 11 nitrogen and oxygen atoms in total. The summed E-state index contributed by atoms with van der Waals surface area (Å²) in [4.78, 5) is 25.1. The molecule has 3 aromatic rings. The number of esters is 2. The van der Waals surface area contributed by atoms with Crippen molar-refractivity contribution in [3.8, 4) is 28.7 Å². The summed E-state index contributed by atoms with van der Waals surface area (Å²) < 4.78 is 40.8. The Kier molecular flexibility index (Phi) is 12.1. The zero-order chi connectivity index (χ0) is 37.4. The Morgan fingerprint density at radius 3 is 2.25 bits per heavy atom. The lowest BCUT2D eigenvalue weighted by molar-refractivity contribution is -0.941. The van der Waals surface area contributed by atoms with Crippen molar-refractivity contribution in [3.63, 3.8) is 0 Å². The van der Waals surface area contributed by atoms with Crippen LogP contribution in [0.3, 0.4) is 0 Å². The summed E-state index contributed by atoms with van der Waals surface area (Å²) in [5.41, 5.74) is 4.91. The molecule has 0 amide bonds. The lowest BCUT2D eigenvalue weighted by Crippen LogP contribution is -2.52. The van der Waals surface area contributed by atoms with Gasteiger partial charge in [-0.05, 0) is 53.6 Å². The van der Waals surface area contributed by atoms with Crippen LogP contribution in [0.1, 0.15) is 41.1 Å². The van der Waals surface area contributed by atoms with Gasteiger partial charge in [-0.1, -0.05) is 12.1 Å². The molecule has 0 bridgehead atoms. The Hall–Kier alpha value is -4.74. The standard InChI is InChI=1S/C42H54N2O9/c1-43(27-31-9-12-37-40(24-31)51-22-21-50-37)18-15-32(28-43)29-53-42(46)14-13-41(45)52-20-6-17-44(2)19-16-33-25-38(48-4)39(49-5)26-35(33)36(44)23-30-7-10-34(47-3)11-8-30/h7-14,24-26,32,36H,6,15-23,27-29H2,1-5H3/q+2/b14-13-. The Balaban J connectivity index is 0.970. The number of likely N-dealkylation sites (tertiary alicyclic amines) is 1. The van der Waals surface area contributed by atoms with Gasteiger partial charge in [-0.15, -0.1) is 0 Å². The molecule has 11 heteroatoms. The van der Waals surface area contributed by atoms with E-state index >= 15 is 0 Å². The first-order valence-corrected chi connectivity index (χ1v) is 18.6. The Morgan fingerprint density at radius 1 is 0.811 bits per heavy atom. The number of carbonyl (C=O) groups is 2. The third kappa shape index (κ3) is 9.44. The highest BCUT2D eigenvalue weighted by Gasteiger charge is 2.40. The second kappa shape index (κ2) is 16.9. The SMILES string of the molecule is COc1ccc(CC2c3cc(OC)c(OC)cc3CC[N+]2(C)CCCOC(=O)/C=C\C(=O)OCC2CC[N+](C)(Cc3ccc4c(c3)OCCO4)C2)cc1. The summed E-state index contributed by atoms with van der Waals surface area (Å²) in [5, 5.41) is 0. The number of rotatable bonds is 15. The topological polar surface area (TPSA) is 98.8 Å². The van der Waals surface area contributed by atoms with Crippen molar-refractivity contribution in [2.75, 3.05) is 88.0 Å². The van der Waals surface area contributed by atoms with Gasteiger partial charge in [0.1, 0.15) is 38.2 Å². The van der Waals surface area contributed by atoms with Gasteiger partial charge in [0.15, 0.2) is 23.0 Å². The average molecular weight is 731 g/mol. The van der Waals surface area contributed by atoms with Crippen LogP contribution in [-0.4, -0.2) is 109 Å². The number of ether oxygens (including phenoxy) is 7. The van der Waals surface area contributed by atoms with Crippen LogP contribution >= 0.6 is 0 Å². The quantitative estimate of drug-likeness (QED) is 0.0873. The van der Waals surface area contributed by atoms with Crippen LogP contribution in [-0.2, 0) is 38.4 Å². The van der Waals surface area contributed by atoms with Gasteiger partial charge in [0.25, 0.3) is 0 Å². The number of nitrogens with zero attached hydrogens (tertiary/aromatic N) is 2. The van der Waals surface area contributed by atoms with E-state index in [0.717, 1.165) is 84.0 Å². The van der Waals surface area contributed by atoms with Gasteiger partial charge in [0.05, 0.1) is 68.2 Å². The minimum absolute atomic E-state index is 0.155. The number of likely N-dealkylation sites (N-methyl/N-ethyl adjacent to an activating group) is 1. The van der Waals surface area contributed by atoms with Crippen LogP contribution in [0.4, 0.5) is 0 Å². The molecule has 53 heavy (non-hydrogen) atoms. The molecular weight excluding hydrogens is 676 g/mol. The zero-order valence-electron chi connectivity index (χ0n) is 31.8. The van der Waals surface area contributed by atoms with Crippen LogP contribution in [0.15, 0.2) is 66.7 Å². The van der Waals surface area contributed by atoms with Gasteiger partial charge < -0.3 is 42.1 Å². The van der Waals surface area contributed by atoms with E-state index in [2.05, 4.69) is 50.5 Å². The number of carbonyl (C=O) groups excluding carboxylic acids is 2. The molecule has 0 N–H and O–H groups in total. The van der Waals surface area contributed by atoms with E-state index in [1.807, 2.05) is 18.2 Å². The number of quaternary nitrogens is 2. The molecule has 0 saturated carbocycles. The maximum Gasteiger partial charge on any atom is 0.331 e. The summed E-state index contributed by atoms with van der Waals surface area (Å²) in [6, 6.07) is 18.7.